The van der Waals surface area contributed by atoms with Crippen LogP contribution in [-0.2, 0) is 9.59 Å². The van der Waals surface area contributed by atoms with Crippen LogP contribution in [0, 0.1) is 29.6 Å². The molecule has 0 unspecified atom stereocenters. The lowest BCUT2D eigenvalue weighted by atomic mass is 9.94. The van der Waals surface area contributed by atoms with Crippen molar-refractivity contribution in [3.63, 3.8) is 0 Å². The summed E-state index contributed by atoms with van der Waals surface area (Å²) < 4.78 is 1.04. The standard InChI is InChI=1S/C29H20N4O4/c1-18-22(26(34)32(28(36)24(18)16-30)20-10-5-3-6-11-20)14-9-15-23-19(2)25(17-31)29(37)33(27(23)35)21-12-7-4-8-13-21/h3-15,34H,1-2H3/b14-9+,23-15+. The minimum absolute atomic E-state index is 0.116. The number of aromatic hydroxyl groups is 1. The minimum Gasteiger partial charge on any atom is -0.494 e. The summed E-state index contributed by atoms with van der Waals surface area (Å²) in [6.07, 6.45) is 4.36. The molecule has 8 heteroatoms. The number of aromatic nitrogens is 1. The minimum atomic E-state index is -0.709. The van der Waals surface area contributed by atoms with Crippen LogP contribution in [0.15, 0.2) is 94.3 Å². The molecule has 1 aromatic heterocycles. The molecule has 2 heterocycles. The second-order valence-corrected chi connectivity index (χ2v) is 8.16. The predicted molar refractivity (Wildman–Crippen MR) is 138 cm³/mol. The first-order valence-electron chi connectivity index (χ1n) is 11.2. The SMILES string of the molecule is CC1=C(C#N)C(=O)N(c2ccccc2)C(=O)/C1=C/C=C/c1c(C)c(C#N)c(=O)n(-c2ccccc2)c1O. The lowest BCUT2D eigenvalue weighted by Crippen LogP contribution is -2.42. The Labute approximate surface area is 212 Å². The van der Waals surface area contributed by atoms with Crippen molar-refractivity contribution in [2.45, 2.75) is 13.8 Å². The van der Waals surface area contributed by atoms with Gasteiger partial charge < -0.3 is 5.11 Å². The van der Waals surface area contributed by atoms with E-state index in [4.69, 9.17) is 0 Å². The molecule has 0 fully saturated rings. The fraction of sp³-hybridized carbons (Fsp3) is 0.0690. The average Bonchev–Trinajstić information content (AvgIpc) is 2.89. The van der Waals surface area contributed by atoms with Crippen LogP contribution in [0.1, 0.15) is 23.6 Å². The Morgan fingerprint density at radius 3 is 2.00 bits per heavy atom. The number of carbonyl (C=O) groups is 2. The van der Waals surface area contributed by atoms with E-state index in [2.05, 4.69) is 0 Å². The maximum Gasteiger partial charge on any atom is 0.276 e. The zero-order valence-electron chi connectivity index (χ0n) is 20.0. The fourth-order valence-corrected chi connectivity index (χ4v) is 4.10. The van der Waals surface area contributed by atoms with Crippen LogP contribution >= 0.6 is 0 Å². The Morgan fingerprint density at radius 2 is 1.43 bits per heavy atom. The number of carbonyl (C=O) groups excluding carboxylic acids is 2. The van der Waals surface area contributed by atoms with E-state index >= 15 is 0 Å². The summed E-state index contributed by atoms with van der Waals surface area (Å²) in [6, 6.07) is 20.5. The van der Waals surface area contributed by atoms with Crippen molar-refractivity contribution in [2.24, 2.45) is 0 Å². The topological polar surface area (TPSA) is 127 Å². The lowest BCUT2D eigenvalue weighted by molar-refractivity contribution is -0.122. The number of allylic oxidation sites excluding steroid dienone is 2. The van der Waals surface area contributed by atoms with Crippen molar-refractivity contribution in [3.05, 3.63) is 117 Å². The van der Waals surface area contributed by atoms with Gasteiger partial charge in [-0.25, -0.2) is 9.47 Å². The van der Waals surface area contributed by atoms with Crippen molar-refractivity contribution in [3.8, 4) is 23.7 Å². The summed E-state index contributed by atoms with van der Waals surface area (Å²) in [5, 5.41) is 30.2. The lowest BCUT2D eigenvalue weighted by Gasteiger charge is -2.27. The molecule has 0 bridgehead atoms. The van der Waals surface area contributed by atoms with Crippen LogP contribution in [0.3, 0.4) is 0 Å². The molecule has 3 aromatic rings. The van der Waals surface area contributed by atoms with Crippen LogP contribution < -0.4 is 10.5 Å². The van der Waals surface area contributed by atoms with Crippen LogP contribution in [0.25, 0.3) is 11.8 Å². The van der Waals surface area contributed by atoms with Gasteiger partial charge in [-0.15, -0.1) is 0 Å². The molecule has 0 spiro atoms. The third kappa shape index (κ3) is 4.24. The predicted octanol–water partition coefficient (Wildman–Crippen LogP) is 4.08. The number of hydrogen-bond donors (Lipinski definition) is 1. The van der Waals surface area contributed by atoms with Crippen LogP contribution in [0.2, 0.25) is 0 Å². The zero-order chi connectivity index (χ0) is 26.7. The summed E-state index contributed by atoms with van der Waals surface area (Å²) in [7, 11) is 0. The Kier molecular flexibility index (Phi) is 6.68. The van der Waals surface area contributed by atoms with Gasteiger partial charge in [0.05, 0.1) is 11.4 Å². The first-order valence-corrected chi connectivity index (χ1v) is 11.2. The number of nitrogens with zero attached hydrogens (tertiary/aromatic N) is 4. The van der Waals surface area contributed by atoms with Gasteiger partial charge in [-0.2, -0.15) is 10.5 Å². The largest absolute Gasteiger partial charge is 0.494 e. The molecule has 2 aromatic carbocycles. The first-order chi connectivity index (χ1) is 17.8. The second-order valence-electron chi connectivity index (χ2n) is 8.16. The molecule has 1 aliphatic rings. The molecule has 0 saturated carbocycles. The van der Waals surface area contributed by atoms with Gasteiger partial charge in [0.2, 0.25) is 5.88 Å². The van der Waals surface area contributed by atoms with Crippen LogP contribution in [0.5, 0.6) is 5.88 Å². The molecule has 0 saturated heterocycles. The number of pyridine rings is 1. The van der Waals surface area contributed by atoms with Crippen molar-refractivity contribution in [1.29, 1.82) is 10.5 Å². The molecule has 4 rings (SSSR count). The van der Waals surface area contributed by atoms with E-state index < -0.39 is 17.4 Å². The number of imide groups is 1. The Morgan fingerprint density at radius 1 is 0.838 bits per heavy atom. The van der Waals surface area contributed by atoms with Gasteiger partial charge in [0.25, 0.3) is 17.4 Å². The molecule has 0 radical (unpaired) electrons. The van der Waals surface area contributed by atoms with Gasteiger partial charge in [0, 0.05) is 11.1 Å². The number of benzene rings is 2. The van der Waals surface area contributed by atoms with Crippen LogP contribution in [-0.4, -0.2) is 21.5 Å². The van der Waals surface area contributed by atoms with E-state index in [9.17, 15) is 30.0 Å². The number of amides is 2. The van der Waals surface area contributed by atoms with Crippen molar-refractivity contribution in [1.82, 2.24) is 4.57 Å². The Balaban J connectivity index is 1.85. The van der Waals surface area contributed by atoms with E-state index in [1.54, 1.807) is 67.6 Å². The third-order valence-corrected chi connectivity index (χ3v) is 6.06. The van der Waals surface area contributed by atoms with E-state index in [0.717, 1.165) is 9.47 Å². The molecule has 0 aliphatic carbocycles. The zero-order valence-corrected chi connectivity index (χ0v) is 20.0. The molecular weight excluding hydrogens is 468 g/mol. The molecule has 8 nitrogen and oxygen atoms in total. The first kappa shape index (κ1) is 24.6. The highest BCUT2D eigenvalue weighted by atomic mass is 16.3. The molecular formula is C29H20N4O4. The number of nitriles is 2. The molecule has 37 heavy (non-hydrogen) atoms. The fourth-order valence-electron chi connectivity index (χ4n) is 4.10. The van der Waals surface area contributed by atoms with Crippen molar-refractivity contribution in [2.75, 3.05) is 4.90 Å². The van der Waals surface area contributed by atoms with Gasteiger partial charge in [-0.05, 0) is 61.4 Å². The van der Waals surface area contributed by atoms with Crippen molar-refractivity contribution >= 4 is 23.6 Å². The number of para-hydroxylation sites is 2. The maximum atomic E-state index is 13.3. The van der Waals surface area contributed by atoms with Gasteiger partial charge in [-0.1, -0.05) is 42.5 Å². The highest BCUT2D eigenvalue weighted by Crippen LogP contribution is 2.30. The molecule has 180 valence electrons. The number of hydrogen-bond acceptors (Lipinski definition) is 6. The summed E-state index contributed by atoms with van der Waals surface area (Å²) in [5.41, 5.74) is 0.578. The normalized spacial score (nSPS) is 14.8. The average molecular weight is 489 g/mol. The summed E-state index contributed by atoms with van der Waals surface area (Å²) in [4.78, 5) is 40.0. The summed E-state index contributed by atoms with van der Waals surface area (Å²) in [6.45, 7) is 3.06. The van der Waals surface area contributed by atoms with E-state index in [1.807, 2.05) is 12.1 Å². The van der Waals surface area contributed by atoms with Gasteiger partial charge in [0.15, 0.2) is 0 Å². The van der Waals surface area contributed by atoms with Gasteiger partial charge in [-0.3, -0.25) is 14.4 Å². The third-order valence-electron chi connectivity index (χ3n) is 6.06. The monoisotopic (exact) mass is 488 g/mol. The summed E-state index contributed by atoms with van der Waals surface area (Å²) in [5.74, 6) is -1.69. The molecule has 2 amide bonds. The van der Waals surface area contributed by atoms with Gasteiger partial charge in [0.1, 0.15) is 23.3 Å². The van der Waals surface area contributed by atoms with E-state index in [-0.39, 0.29) is 39.3 Å². The van der Waals surface area contributed by atoms with E-state index in [1.165, 1.54) is 25.2 Å². The summed E-state index contributed by atoms with van der Waals surface area (Å²) >= 11 is 0. The Bertz CT molecular complexity index is 1670. The van der Waals surface area contributed by atoms with Crippen LogP contribution in [0.4, 0.5) is 5.69 Å². The number of anilines is 1. The Hall–Kier alpha value is -5.47. The van der Waals surface area contributed by atoms with E-state index in [0.29, 0.717) is 11.4 Å². The van der Waals surface area contributed by atoms with Gasteiger partial charge >= 0.3 is 0 Å². The second kappa shape index (κ2) is 10.0. The molecule has 1 aliphatic heterocycles. The highest BCUT2D eigenvalue weighted by molar-refractivity contribution is 6.31. The quantitative estimate of drug-likeness (QED) is 0.436. The maximum absolute atomic E-state index is 13.3. The van der Waals surface area contributed by atoms with Crippen molar-refractivity contribution < 1.29 is 14.7 Å². The molecule has 0 atom stereocenters. The smallest absolute Gasteiger partial charge is 0.276 e. The highest BCUT2D eigenvalue weighted by Gasteiger charge is 2.36. The molecule has 1 N–H and O–H groups in total. The number of rotatable bonds is 4.